The molecule has 0 atom stereocenters. The molecule has 8 aromatic rings. The first-order chi connectivity index (χ1) is 24.8. The average Bonchev–Trinajstić information content (AvgIpc) is 3.18. The van der Waals surface area contributed by atoms with Crippen LogP contribution in [0.15, 0.2) is 176 Å². The number of nitrogens with zero attached hydrogens (tertiary/aromatic N) is 1. The number of hydrogen-bond acceptors (Lipinski definition) is 1. The largest absolute Gasteiger partial charge is 0.310 e. The highest BCUT2D eigenvalue weighted by atomic mass is 15.1. The summed E-state index contributed by atoms with van der Waals surface area (Å²) in [5, 5.41) is 5.46. The molecule has 0 aromatic heterocycles. The summed E-state index contributed by atoms with van der Waals surface area (Å²) < 4.78 is 0. The predicted molar refractivity (Wildman–Crippen MR) is 218 cm³/mol. The fourth-order valence-electron chi connectivity index (χ4n) is 8.26. The summed E-state index contributed by atoms with van der Waals surface area (Å²) in [4.78, 5) is 2.38. The SMILES string of the molecule is CC1(C)c2cccc3ccc4cc(-c5cccc(N(c6ccccc6)c6cccc(-c7ccc(-c8ccccc8)cc7)c6)c5)cc(c4c23)C1(C)C. The van der Waals surface area contributed by atoms with E-state index >= 15 is 0 Å². The van der Waals surface area contributed by atoms with Crippen molar-refractivity contribution in [1.29, 1.82) is 0 Å². The molecule has 8 aromatic carbocycles. The molecule has 51 heavy (non-hydrogen) atoms. The molecule has 0 unspecified atom stereocenters. The Labute approximate surface area is 301 Å². The van der Waals surface area contributed by atoms with Crippen LogP contribution in [-0.4, -0.2) is 0 Å². The van der Waals surface area contributed by atoms with E-state index in [4.69, 9.17) is 0 Å². The summed E-state index contributed by atoms with van der Waals surface area (Å²) in [6.45, 7) is 9.69. The lowest BCUT2D eigenvalue weighted by molar-refractivity contribution is 0.304. The van der Waals surface area contributed by atoms with Gasteiger partial charge in [0, 0.05) is 17.1 Å². The lowest BCUT2D eigenvalue weighted by Crippen LogP contribution is -2.42. The van der Waals surface area contributed by atoms with Crippen LogP contribution in [-0.2, 0) is 10.8 Å². The number of rotatable bonds is 6. The highest BCUT2D eigenvalue weighted by molar-refractivity contribution is 6.14. The van der Waals surface area contributed by atoms with Gasteiger partial charge in [-0.05, 0) is 125 Å². The Balaban J connectivity index is 1.16. The number of hydrogen-bond donors (Lipinski definition) is 0. The minimum absolute atomic E-state index is 0.0226. The molecule has 0 heterocycles. The molecule has 0 spiro atoms. The van der Waals surface area contributed by atoms with Gasteiger partial charge in [-0.3, -0.25) is 0 Å². The number of para-hydroxylation sites is 1. The normalized spacial score (nSPS) is 14.2. The Hall–Kier alpha value is -5.92. The van der Waals surface area contributed by atoms with Crippen LogP contribution < -0.4 is 4.90 Å². The quantitative estimate of drug-likeness (QED) is 0.161. The van der Waals surface area contributed by atoms with E-state index in [2.05, 4.69) is 209 Å². The summed E-state index contributed by atoms with van der Waals surface area (Å²) in [5.41, 5.74) is 13.5. The lowest BCUT2D eigenvalue weighted by Gasteiger charge is -2.47. The van der Waals surface area contributed by atoms with Crippen molar-refractivity contribution in [3.05, 3.63) is 187 Å². The molecule has 1 nitrogen and oxygen atoms in total. The van der Waals surface area contributed by atoms with Crippen LogP contribution in [0.2, 0.25) is 0 Å². The van der Waals surface area contributed by atoms with Crippen LogP contribution in [0.5, 0.6) is 0 Å². The highest BCUT2D eigenvalue weighted by Gasteiger charge is 2.45. The Bertz CT molecular complexity index is 2560. The first kappa shape index (κ1) is 31.1. The van der Waals surface area contributed by atoms with Gasteiger partial charge in [0.1, 0.15) is 0 Å². The first-order valence-electron chi connectivity index (χ1n) is 18.0. The van der Waals surface area contributed by atoms with Crippen molar-refractivity contribution in [2.45, 2.75) is 38.5 Å². The molecule has 0 saturated heterocycles. The third kappa shape index (κ3) is 5.07. The fraction of sp³-hybridized carbons (Fsp3) is 0.120. The zero-order valence-electron chi connectivity index (χ0n) is 29.7. The van der Waals surface area contributed by atoms with Gasteiger partial charge >= 0.3 is 0 Å². The molecule has 0 N–H and O–H groups in total. The van der Waals surface area contributed by atoms with Gasteiger partial charge in [0.2, 0.25) is 0 Å². The number of benzene rings is 8. The number of anilines is 3. The van der Waals surface area contributed by atoms with Gasteiger partial charge in [-0.15, -0.1) is 0 Å². The minimum Gasteiger partial charge on any atom is -0.310 e. The van der Waals surface area contributed by atoms with E-state index in [1.807, 2.05) is 0 Å². The van der Waals surface area contributed by atoms with Crippen molar-refractivity contribution < 1.29 is 0 Å². The van der Waals surface area contributed by atoms with E-state index in [9.17, 15) is 0 Å². The first-order valence-corrected chi connectivity index (χ1v) is 18.0. The van der Waals surface area contributed by atoms with Crippen molar-refractivity contribution in [1.82, 2.24) is 0 Å². The van der Waals surface area contributed by atoms with Crippen molar-refractivity contribution in [2.75, 3.05) is 4.90 Å². The Morgan fingerprint density at radius 3 is 1.45 bits per heavy atom. The van der Waals surface area contributed by atoms with Gasteiger partial charge in [0.25, 0.3) is 0 Å². The topological polar surface area (TPSA) is 3.24 Å². The van der Waals surface area contributed by atoms with E-state index < -0.39 is 0 Å². The second-order valence-electron chi connectivity index (χ2n) is 15.1. The van der Waals surface area contributed by atoms with Crippen LogP contribution in [0.3, 0.4) is 0 Å². The van der Waals surface area contributed by atoms with Gasteiger partial charge in [0.15, 0.2) is 0 Å². The van der Waals surface area contributed by atoms with Gasteiger partial charge in [0.05, 0.1) is 0 Å². The summed E-state index contributed by atoms with van der Waals surface area (Å²) in [6.07, 6.45) is 0. The predicted octanol–water partition coefficient (Wildman–Crippen LogP) is 14.0. The molecular weight excluding hydrogens is 615 g/mol. The maximum absolute atomic E-state index is 2.48. The molecule has 0 radical (unpaired) electrons. The van der Waals surface area contributed by atoms with Crippen LogP contribution in [0.1, 0.15) is 38.8 Å². The van der Waals surface area contributed by atoms with E-state index in [-0.39, 0.29) is 10.8 Å². The molecule has 1 aliphatic rings. The molecule has 0 fully saturated rings. The average molecular weight is 656 g/mol. The maximum Gasteiger partial charge on any atom is 0.0467 e. The van der Waals surface area contributed by atoms with Crippen LogP contribution in [0.25, 0.3) is 54.9 Å². The van der Waals surface area contributed by atoms with Crippen molar-refractivity contribution in [3.63, 3.8) is 0 Å². The van der Waals surface area contributed by atoms with Crippen LogP contribution in [0, 0.1) is 0 Å². The van der Waals surface area contributed by atoms with E-state index in [0.29, 0.717) is 0 Å². The van der Waals surface area contributed by atoms with Crippen LogP contribution >= 0.6 is 0 Å². The zero-order chi connectivity index (χ0) is 34.7. The summed E-state index contributed by atoms with van der Waals surface area (Å²) in [6, 6.07) is 64.5. The van der Waals surface area contributed by atoms with E-state index in [1.54, 1.807) is 0 Å². The molecule has 9 rings (SSSR count). The molecule has 0 aliphatic heterocycles. The molecule has 0 saturated carbocycles. The van der Waals surface area contributed by atoms with E-state index in [0.717, 1.165) is 17.1 Å². The lowest BCUT2D eigenvalue weighted by atomic mass is 9.56. The fourth-order valence-corrected chi connectivity index (χ4v) is 8.26. The van der Waals surface area contributed by atoms with Gasteiger partial charge in [-0.2, -0.15) is 0 Å². The monoisotopic (exact) mass is 655 g/mol. The molecule has 246 valence electrons. The molecule has 1 aliphatic carbocycles. The van der Waals surface area contributed by atoms with Crippen LogP contribution in [0.4, 0.5) is 17.1 Å². The second kappa shape index (κ2) is 11.9. The Morgan fingerprint density at radius 1 is 0.314 bits per heavy atom. The van der Waals surface area contributed by atoms with Crippen molar-refractivity contribution in [2.24, 2.45) is 0 Å². The minimum atomic E-state index is -0.0582. The summed E-state index contributed by atoms with van der Waals surface area (Å²) >= 11 is 0. The molecule has 1 heteroatoms. The highest BCUT2D eigenvalue weighted by Crippen LogP contribution is 2.54. The molecule has 0 amide bonds. The standard InChI is InChI=1S/C50H41N/c1-49(2)45-23-13-16-37-28-29-40-30-41(33-46(50(49,3)4)48(40)47(37)45)39-18-12-22-44(32-39)51(42-19-9-6-10-20-42)43-21-11-17-38(31-43)36-26-24-35(25-27-36)34-14-7-5-8-15-34/h5-33H,1-4H3. The van der Waals surface area contributed by atoms with Gasteiger partial charge in [-0.1, -0.05) is 155 Å². The van der Waals surface area contributed by atoms with E-state index in [1.165, 1.54) is 66.1 Å². The third-order valence-corrected chi connectivity index (χ3v) is 11.7. The Morgan fingerprint density at radius 2 is 0.784 bits per heavy atom. The zero-order valence-corrected chi connectivity index (χ0v) is 29.7. The summed E-state index contributed by atoms with van der Waals surface area (Å²) in [7, 11) is 0. The van der Waals surface area contributed by atoms with Crippen molar-refractivity contribution >= 4 is 38.6 Å². The maximum atomic E-state index is 2.48. The Kier molecular flexibility index (Phi) is 7.22. The van der Waals surface area contributed by atoms with Crippen molar-refractivity contribution in [3.8, 4) is 33.4 Å². The smallest absolute Gasteiger partial charge is 0.0467 e. The summed E-state index contributed by atoms with van der Waals surface area (Å²) in [5.74, 6) is 0. The molecule has 0 bridgehead atoms. The second-order valence-corrected chi connectivity index (χ2v) is 15.1. The van der Waals surface area contributed by atoms with Gasteiger partial charge in [-0.25, -0.2) is 0 Å². The van der Waals surface area contributed by atoms with Gasteiger partial charge < -0.3 is 4.90 Å². The molecular formula is C50H41N. The third-order valence-electron chi connectivity index (χ3n) is 11.7.